The standard InChI is InChI=1S/C23H20BF6N2/c1-21(2,3)19-13-31-20(32-19)24-18(15-7-5-9-17(12-15)23(28,29)30)11-14-6-4-8-16(10-14)22(25,26)27/h4-13H,1-3H3,(H,31,32). The van der Waals surface area contributed by atoms with Gasteiger partial charge in [0, 0.05) is 17.3 Å². The van der Waals surface area contributed by atoms with E-state index in [9.17, 15) is 26.3 Å². The first-order valence-corrected chi connectivity index (χ1v) is 9.70. The topological polar surface area (TPSA) is 28.7 Å². The maximum Gasteiger partial charge on any atom is 0.416 e. The number of hydrogen-bond donors (Lipinski definition) is 1. The summed E-state index contributed by atoms with van der Waals surface area (Å²) in [5.74, 6) is 0. The van der Waals surface area contributed by atoms with E-state index in [0.29, 0.717) is 5.72 Å². The molecule has 3 rings (SSSR count). The minimum atomic E-state index is -4.55. The molecule has 0 fully saturated rings. The molecule has 32 heavy (non-hydrogen) atoms. The second kappa shape index (κ2) is 8.52. The summed E-state index contributed by atoms with van der Waals surface area (Å²) in [6.45, 7) is 5.91. The summed E-state index contributed by atoms with van der Waals surface area (Å²) in [6.07, 6.45) is -6.06. The van der Waals surface area contributed by atoms with Gasteiger partial charge in [0.05, 0.1) is 16.9 Å². The first kappa shape index (κ1) is 23.7. The van der Waals surface area contributed by atoms with Crippen LogP contribution < -0.4 is 5.72 Å². The lowest BCUT2D eigenvalue weighted by Gasteiger charge is -2.15. The molecular weight excluding hydrogens is 429 g/mol. The summed E-state index contributed by atoms with van der Waals surface area (Å²) < 4.78 is 79.0. The molecule has 1 radical (unpaired) electrons. The molecule has 0 saturated heterocycles. The number of aromatic amines is 1. The summed E-state index contributed by atoms with van der Waals surface area (Å²) in [5.41, 5.74) is -0.0601. The zero-order valence-electron chi connectivity index (χ0n) is 17.6. The molecule has 1 N–H and O–H groups in total. The Bertz CT molecular complexity index is 1120. The van der Waals surface area contributed by atoms with Crippen LogP contribution in [0.4, 0.5) is 26.3 Å². The predicted molar refractivity (Wildman–Crippen MR) is 113 cm³/mol. The second-order valence-electron chi connectivity index (χ2n) is 8.38. The van der Waals surface area contributed by atoms with Gasteiger partial charge in [-0.3, -0.25) is 4.98 Å². The lowest BCUT2D eigenvalue weighted by molar-refractivity contribution is -0.138. The molecule has 0 spiro atoms. The SMILES string of the molecule is CC(C)(C)c1cnc([B]C(=Cc2cccc(C(F)(F)F)c2)c2cccc(C(F)(F)F)c2)[nH]1. The molecule has 0 aliphatic rings. The summed E-state index contributed by atoms with van der Waals surface area (Å²) in [5, 5.41) is 0. The highest BCUT2D eigenvalue weighted by molar-refractivity contribution is 6.73. The fourth-order valence-electron chi connectivity index (χ4n) is 3.01. The van der Waals surface area contributed by atoms with Crippen LogP contribution in [-0.2, 0) is 17.8 Å². The van der Waals surface area contributed by atoms with E-state index in [1.807, 2.05) is 20.8 Å². The minimum Gasteiger partial charge on any atom is -0.354 e. The van der Waals surface area contributed by atoms with Gasteiger partial charge < -0.3 is 4.98 Å². The Morgan fingerprint density at radius 3 is 2.03 bits per heavy atom. The number of alkyl halides is 6. The van der Waals surface area contributed by atoms with Gasteiger partial charge in [-0.1, -0.05) is 56.6 Å². The van der Waals surface area contributed by atoms with E-state index < -0.39 is 23.5 Å². The molecular formula is C23H20BF6N2. The summed E-state index contributed by atoms with van der Waals surface area (Å²) in [6, 6.07) is 9.23. The van der Waals surface area contributed by atoms with Crippen LogP contribution in [0.25, 0.3) is 11.5 Å². The number of aromatic nitrogens is 2. The van der Waals surface area contributed by atoms with Gasteiger partial charge in [-0.25, -0.2) is 0 Å². The van der Waals surface area contributed by atoms with Crippen LogP contribution in [0, 0.1) is 0 Å². The Morgan fingerprint density at radius 2 is 1.47 bits per heavy atom. The average Bonchev–Trinajstić information content (AvgIpc) is 3.16. The van der Waals surface area contributed by atoms with Gasteiger partial charge >= 0.3 is 12.4 Å². The second-order valence-corrected chi connectivity index (χ2v) is 8.38. The zero-order chi connectivity index (χ0) is 23.7. The quantitative estimate of drug-likeness (QED) is 0.284. The van der Waals surface area contributed by atoms with Crippen molar-refractivity contribution in [3.63, 3.8) is 0 Å². The van der Waals surface area contributed by atoms with Gasteiger partial charge in [0.15, 0.2) is 0 Å². The van der Waals surface area contributed by atoms with Gasteiger partial charge in [-0.05, 0) is 35.4 Å². The summed E-state index contributed by atoms with van der Waals surface area (Å²) in [7, 11) is 1.52. The number of rotatable bonds is 4. The third kappa shape index (κ3) is 5.84. The molecule has 3 aromatic rings. The average molecular weight is 449 g/mol. The Balaban J connectivity index is 2.08. The number of H-pyrrole nitrogens is 1. The van der Waals surface area contributed by atoms with Gasteiger partial charge in [0.2, 0.25) is 7.28 Å². The van der Waals surface area contributed by atoms with Crippen molar-refractivity contribution in [1.29, 1.82) is 0 Å². The minimum absolute atomic E-state index is 0.200. The lowest BCUT2D eigenvalue weighted by Crippen LogP contribution is -2.22. The van der Waals surface area contributed by atoms with Crippen LogP contribution in [0.15, 0.2) is 54.7 Å². The molecule has 0 aliphatic carbocycles. The first-order chi connectivity index (χ1) is 14.7. The number of nitrogens with one attached hydrogen (secondary N) is 1. The summed E-state index contributed by atoms with van der Waals surface area (Å²) >= 11 is 0. The van der Waals surface area contributed by atoms with Crippen molar-refractivity contribution in [2.45, 2.75) is 38.5 Å². The third-order valence-electron chi connectivity index (χ3n) is 4.76. The van der Waals surface area contributed by atoms with E-state index in [0.717, 1.165) is 30.0 Å². The molecule has 167 valence electrons. The maximum atomic E-state index is 13.2. The van der Waals surface area contributed by atoms with E-state index >= 15 is 0 Å². The molecule has 0 atom stereocenters. The Hall–Kier alpha value is -2.97. The Labute approximate surface area is 182 Å². The fraction of sp³-hybridized carbons (Fsp3) is 0.261. The van der Waals surface area contributed by atoms with Crippen LogP contribution in [-0.4, -0.2) is 17.2 Å². The highest BCUT2D eigenvalue weighted by Gasteiger charge is 2.31. The van der Waals surface area contributed by atoms with E-state index in [1.54, 1.807) is 6.20 Å². The molecule has 1 aromatic heterocycles. The fourth-order valence-corrected chi connectivity index (χ4v) is 3.01. The molecule has 2 nitrogen and oxygen atoms in total. The molecule has 9 heteroatoms. The van der Waals surface area contributed by atoms with Crippen molar-refractivity contribution < 1.29 is 26.3 Å². The van der Waals surface area contributed by atoms with E-state index in [1.165, 1.54) is 37.6 Å². The Kier molecular flexibility index (Phi) is 6.31. The number of nitrogens with zero attached hydrogens (tertiary/aromatic N) is 1. The molecule has 0 saturated carbocycles. The van der Waals surface area contributed by atoms with Gasteiger partial charge in [-0.2, -0.15) is 26.3 Å². The van der Waals surface area contributed by atoms with Crippen molar-refractivity contribution in [1.82, 2.24) is 9.97 Å². The van der Waals surface area contributed by atoms with Crippen molar-refractivity contribution in [3.05, 3.63) is 82.7 Å². The van der Waals surface area contributed by atoms with Crippen molar-refractivity contribution in [3.8, 4) is 0 Å². The van der Waals surface area contributed by atoms with Crippen LogP contribution >= 0.6 is 0 Å². The number of benzene rings is 2. The van der Waals surface area contributed by atoms with Gasteiger partial charge in [0.1, 0.15) is 0 Å². The molecule has 1 heterocycles. The van der Waals surface area contributed by atoms with E-state index in [2.05, 4.69) is 9.97 Å². The first-order valence-electron chi connectivity index (χ1n) is 9.70. The monoisotopic (exact) mass is 449 g/mol. The lowest BCUT2D eigenvalue weighted by atomic mass is 9.65. The predicted octanol–water partition coefficient (Wildman–Crippen LogP) is 6.27. The molecule has 0 unspecified atom stereocenters. The number of hydrogen-bond acceptors (Lipinski definition) is 1. The zero-order valence-corrected chi connectivity index (χ0v) is 17.6. The largest absolute Gasteiger partial charge is 0.416 e. The van der Waals surface area contributed by atoms with Gasteiger partial charge in [-0.15, -0.1) is 0 Å². The number of imidazole rings is 1. The molecule has 0 bridgehead atoms. The molecule has 0 aliphatic heterocycles. The normalized spacial score (nSPS) is 13.3. The van der Waals surface area contributed by atoms with Crippen LogP contribution in [0.2, 0.25) is 0 Å². The smallest absolute Gasteiger partial charge is 0.354 e. The third-order valence-corrected chi connectivity index (χ3v) is 4.76. The van der Waals surface area contributed by atoms with Crippen LogP contribution in [0.3, 0.4) is 0 Å². The summed E-state index contributed by atoms with van der Waals surface area (Å²) in [4.78, 5) is 7.37. The van der Waals surface area contributed by atoms with Crippen LogP contribution in [0.5, 0.6) is 0 Å². The van der Waals surface area contributed by atoms with Crippen molar-refractivity contribution >= 4 is 24.6 Å². The van der Waals surface area contributed by atoms with Crippen molar-refractivity contribution in [2.75, 3.05) is 0 Å². The Morgan fingerprint density at radius 1 is 0.875 bits per heavy atom. The highest BCUT2D eigenvalue weighted by atomic mass is 19.4. The van der Waals surface area contributed by atoms with E-state index in [-0.39, 0.29) is 22.0 Å². The van der Waals surface area contributed by atoms with Gasteiger partial charge in [0.25, 0.3) is 0 Å². The number of halogens is 6. The highest BCUT2D eigenvalue weighted by Crippen LogP contribution is 2.32. The van der Waals surface area contributed by atoms with E-state index in [4.69, 9.17) is 0 Å². The van der Waals surface area contributed by atoms with Crippen molar-refractivity contribution in [2.24, 2.45) is 0 Å². The molecule has 0 amide bonds. The molecule has 2 aromatic carbocycles. The van der Waals surface area contributed by atoms with Crippen LogP contribution in [0.1, 0.15) is 48.7 Å². The maximum absolute atomic E-state index is 13.2.